The molecule has 2 aromatic rings. The molecule has 0 saturated carbocycles. The van der Waals surface area contributed by atoms with Crippen molar-refractivity contribution in [3.63, 3.8) is 0 Å². The van der Waals surface area contributed by atoms with Gasteiger partial charge in [0.25, 0.3) is 5.91 Å². The van der Waals surface area contributed by atoms with Crippen LogP contribution < -0.4 is 10.6 Å². The van der Waals surface area contributed by atoms with Gasteiger partial charge in [-0.1, -0.05) is 12.1 Å². The monoisotopic (exact) mass is 270 g/mol. The van der Waals surface area contributed by atoms with Crippen molar-refractivity contribution in [2.45, 2.75) is 0 Å². The van der Waals surface area contributed by atoms with Gasteiger partial charge < -0.3 is 15.7 Å². The highest BCUT2D eigenvalue weighted by atomic mass is 16.4. The molecule has 0 spiro atoms. The van der Waals surface area contributed by atoms with Gasteiger partial charge in [-0.05, 0) is 36.4 Å². The zero-order valence-electron chi connectivity index (χ0n) is 10.9. The number of carbonyl (C=O) groups excluding carboxylic acids is 1. The minimum Gasteiger partial charge on any atom is -0.478 e. The summed E-state index contributed by atoms with van der Waals surface area (Å²) in [6, 6.07) is 12.9. The minimum atomic E-state index is -1.00. The molecule has 3 N–H and O–H groups in total. The van der Waals surface area contributed by atoms with Gasteiger partial charge in [-0.15, -0.1) is 0 Å². The van der Waals surface area contributed by atoms with Crippen LogP contribution in [-0.2, 0) is 0 Å². The first-order chi connectivity index (χ1) is 9.50. The molecule has 0 aromatic heterocycles. The van der Waals surface area contributed by atoms with Gasteiger partial charge >= 0.3 is 5.97 Å². The minimum absolute atomic E-state index is 0.175. The highest BCUT2D eigenvalue weighted by molar-refractivity contribution is 6.09. The van der Waals surface area contributed by atoms with Crippen LogP contribution in [-0.4, -0.2) is 24.0 Å². The molecule has 20 heavy (non-hydrogen) atoms. The van der Waals surface area contributed by atoms with E-state index in [0.29, 0.717) is 16.9 Å². The van der Waals surface area contributed by atoms with E-state index in [1.807, 2.05) is 0 Å². The van der Waals surface area contributed by atoms with Crippen LogP contribution in [0.4, 0.5) is 11.4 Å². The van der Waals surface area contributed by atoms with Crippen LogP contribution in [0.3, 0.4) is 0 Å². The second kappa shape index (κ2) is 5.44. The molecule has 0 aliphatic rings. The average Bonchev–Trinajstić information content (AvgIpc) is 2.46. The first-order valence-electron chi connectivity index (χ1n) is 5.96. The molecule has 5 nitrogen and oxygen atoms in total. The summed E-state index contributed by atoms with van der Waals surface area (Å²) in [5.41, 5.74) is 7.37. The van der Waals surface area contributed by atoms with E-state index in [1.54, 1.807) is 43.4 Å². The lowest BCUT2D eigenvalue weighted by Crippen LogP contribution is -2.27. The van der Waals surface area contributed by atoms with Gasteiger partial charge in [0.15, 0.2) is 0 Å². The number of hydrogen-bond donors (Lipinski definition) is 2. The van der Waals surface area contributed by atoms with Crippen LogP contribution >= 0.6 is 0 Å². The predicted octanol–water partition coefficient (Wildman–Crippen LogP) is 2.24. The lowest BCUT2D eigenvalue weighted by Gasteiger charge is -2.18. The van der Waals surface area contributed by atoms with Crippen LogP contribution in [0.5, 0.6) is 0 Å². The van der Waals surface area contributed by atoms with Crippen molar-refractivity contribution in [3.8, 4) is 0 Å². The zero-order valence-corrected chi connectivity index (χ0v) is 10.9. The third-order valence-corrected chi connectivity index (χ3v) is 3.00. The summed E-state index contributed by atoms with van der Waals surface area (Å²) in [5.74, 6) is -1.25. The number of carbonyl (C=O) groups is 2. The molecule has 0 atom stereocenters. The maximum Gasteiger partial charge on any atom is 0.335 e. The Morgan fingerprint density at radius 2 is 1.65 bits per heavy atom. The Kier molecular flexibility index (Phi) is 3.70. The van der Waals surface area contributed by atoms with Crippen molar-refractivity contribution in [1.82, 2.24) is 0 Å². The highest BCUT2D eigenvalue weighted by Gasteiger charge is 2.16. The number of aromatic carboxylic acids is 1. The summed E-state index contributed by atoms with van der Waals surface area (Å²) >= 11 is 0. The second-order valence-corrected chi connectivity index (χ2v) is 4.30. The van der Waals surface area contributed by atoms with E-state index in [9.17, 15) is 9.59 Å². The summed E-state index contributed by atoms with van der Waals surface area (Å²) < 4.78 is 0. The highest BCUT2D eigenvalue weighted by Crippen LogP contribution is 2.19. The van der Waals surface area contributed by atoms with Crippen LogP contribution in [0.2, 0.25) is 0 Å². The van der Waals surface area contributed by atoms with Crippen molar-refractivity contribution in [1.29, 1.82) is 0 Å². The molecule has 0 aliphatic carbocycles. The van der Waals surface area contributed by atoms with Crippen molar-refractivity contribution in [2.24, 2.45) is 0 Å². The van der Waals surface area contributed by atoms with Crippen molar-refractivity contribution in [3.05, 3.63) is 59.7 Å². The molecule has 0 saturated heterocycles. The number of nitrogen functional groups attached to an aromatic ring is 1. The van der Waals surface area contributed by atoms with E-state index >= 15 is 0 Å². The molecule has 0 heterocycles. The summed E-state index contributed by atoms with van der Waals surface area (Å²) in [4.78, 5) is 24.5. The van der Waals surface area contributed by atoms with Crippen LogP contribution in [0.1, 0.15) is 20.7 Å². The van der Waals surface area contributed by atoms with Gasteiger partial charge in [0.05, 0.1) is 11.1 Å². The maximum absolute atomic E-state index is 12.3. The van der Waals surface area contributed by atoms with E-state index in [2.05, 4.69) is 0 Å². The van der Waals surface area contributed by atoms with E-state index in [4.69, 9.17) is 10.8 Å². The largest absolute Gasteiger partial charge is 0.478 e. The normalized spacial score (nSPS) is 10.1. The SMILES string of the molecule is CN(C(=O)c1ccccc1N)c1ccc(C(=O)O)cc1. The summed E-state index contributed by atoms with van der Waals surface area (Å²) in [7, 11) is 1.62. The van der Waals surface area contributed by atoms with Crippen molar-refractivity contribution >= 4 is 23.3 Å². The Morgan fingerprint density at radius 3 is 2.20 bits per heavy atom. The molecular weight excluding hydrogens is 256 g/mol. The summed E-state index contributed by atoms with van der Waals surface area (Å²) in [6.07, 6.45) is 0. The molecule has 102 valence electrons. The molecular formula is C15H14N2O3. The summed E-state index contributed by atoms with van der Waals surface area (Å²) in [5, 5.41) is 8.84. The fraction of sp³-hybridized carbons (Fsp3) is 0.0667. The number of benzene rings is 2. The predicted molar refractivity (Wildman–Crippen MR) is 77.0 cm³/mol. The van der Waals surface area contributed by atoms with Crippen molar-refractivity contribution < 1.29 is 14.7 Å². The Balaban J connectivity index is 2.27. The Bertz CT molecular complexity index is 650. The standard InChI is InChI=1S/C15H14N2O3/c1-17(11-8-6-10(7-9-11)15(19)20)14(18)12-4-2-3-5-13(12)16/h2-9H,16H2,1H3,(H,19,20). The van der Waals surface area contributed by atoms with Crippen LogP contribution in [0.25, 0.3) is 0 Å². The van der Waals surface area contributed by atoms with E-state index in [-0.39, 0.29) is 11.5 Å². The number of nitrogens with two attached hydrogens (primary N) is 1. The van der Waals surface area contributed by atoms with E-state index < -0.39 is 5.97 Å². The fourth-order valence-corrected chi connectivity index (χ4v) is 1.82. The van der Waals surface area contributed by atoms with Crippen molar-refractivity contribution in [2.75, 3.05) is 17.7 Å². The molecule has 2 aromatic carbocycles. The van der Waals surface area contributed by atoms with E-state index in [0.717, 1.165) is 0 Å². The number of carboxylic acid groups (broad SMARTS) is 1. The fourth-order valence-electron chi connectivity index (χ4n) is 1.82. The van der Waals surface area contributed by atoms with E-state index in [1.165, 1.54) is 17.0 Å². The van der Waals surface area contributed by atoms with Gasteiger partial charge in [0.2, 0.25) is 0 Å². The summed E-state index contributed by atoms with van der Waals surface area (Å²) in [6.45, 7) is 0. The molecule has 0 fully saturated rings. The molecule has 5 heteroatoms. The van der Waals surface area contributed by atoms with Gasteiger partial charge in [-0.3, -0.25) is 4.79 Å². The number of rotatable bonds is 3. The zero-order chi connectivity index (χ0) is 14.7. The van der Waals surface area contributed by atoms with Gasteiger partial charge in [-0.2, -0.15) is 0 Å². The number of para-hydroxylation sites is 1. The molecule has 0 aliphatic heterocycles. The third-order valence-electron chi connectivity index (χ3n) is 3.00. The first-order valence-corrected chi connectivity index (χ1v) is 5.96. The van der Waals surface area contributed by atoms with Gasteiger partial charge in [0.1, 0.15) is 0 Å². The number of hydrogen-bond acceptors (Lipinski definition) is 3. The van der Waals surface area contributed by atoms with Gasteiger partial charge in [0, 0.05) is 18.4 Å². The number of carboxylic acids is 1. The quantitative estimate of drug-likeness (QED) is 0.838. The number of nitrogens with zero attached hydrogens (tertiary/aromatic N) is 1. The smallest absolute Gasteiger partial charge is 0.335 e. The second-order valence-electron chi connectivity index (χ2n) is 4.30. The number of amides is 1. The van der Waals surface area contributed by atoms with Crippen LogP contribution in [0, 0.1) is 0 Å². The van der Waals surface area contributed by atoms with Gasteiger partial charge in [-0.25, -0.2) is 4.79 Å². The topological polar surface area (TPSA) is 83.6 Å². The molecule has 0 bridgehead atoms. The third kappa shape index (κ3) is 2.61. The van der Waals surface area contributed by atoms with Crippen LogP contribution in [0.15, 0.2) is 48.5 Å². The maximum atomic E-state index is 12.3. The lowest BCUT2D eigenvalue weighted by molar-refractivity contribution is 0.0696. The number of anilines is 2. The molecule has 0 radical (unpaired) electrons. The molecule has 2 rings (SSSR count). The lowest BCUT2D eigenvalue weighted by atomic mass is 10.1. The Labute approximate surface area is 116 Å². The Hall–Kier alpha value is -2.82. The first kappa shape index (κ1) is 13.6. The average molecular weight is 270 g/mol. The molecule has 1 amide bonds. The molecule has 0 unspecified atom stereocenters. The Morgan fingerprint density at radius 1 is 1.05 bits per heavy atom.